The van der Waals surface area contributed by atoms with Gasteiger partial charge in [-0.15, -0.1) is 0 Å². The van der Waals surface area contributed by atoms with E-state index in [1.807, 2.05) is 0 Å². The highest BCUT2D eigenvalue weighted by Gasteiger charge is 2.14. The Kier molecular flexibility index (Phi) is 7.60. The average Bonchev–Trinajstić information content (AvgIpc) is 2.50. The number of amides is 1. The minimum Gasteiger partial charge on any atom is -0.466 e. The van der Waals surface area contributed by atoms with Crippen molar-refractivity contribution in [3.8, 4) is 0 Å². The quantitative estimate of drug-likeness (QED) is 0.544. The van der Waals surface area contributed by atoms with Gasteiger partial charge in [0.2, 0.25) is 5.91 Å². The molecule has 6 heteroatoms. The van der Waals surface area contributed by atoms with E-state index in [1.54, 1.807) is 38.2 Å². The van der Waals surface area contributed by atoms with Crippen molar-refractivity contribution in [2.75, 3.05) is 20.2 Å². The Bertz CT molecular complexity index is 527. The number of esters is 1. The van der Waals surface area contributed by atoms with Crippen LogP contribution in [0.3, 0.4) is 0 Å². The van der Waals surface area contributed by atoms with Gasteiger partial charge in [-0.1, -0.05) is 11.6 Å². The summed E-state index contributed by atoms with van der Waals surface area (Å²) in [7, 11) is 1.61. The van der Waals surface area contributed by atoms with Crippen LogP contribution in [-0.4, -0.2) is 42.8 Å². The zero-order valence-electron chi connectivity index (χ0n) is 12.8. The van der Waals surface area contributed by atoms with Crippen molar-refractivity contribution in [1.29, 1.82) is 0 Å². The molecule has 0 bridgehead atoms. The molecule has 0 radical (unpaired) electrons. The van der Waals surface area contributed by atoms with Gasteiger partial charge in [0, 0.05) is 37.0 Å². The molecule has 0 heterocycles. The first kappa shape index (κ1) is 18.2. The summed E-state index contributed by atoms with van der Waals surface area (Å²) < 4.78 is 4.80. The molecular weight excluding hydrogens is 306 g/mol. The summed E-state index contributed by atoms with van der Waals surface area (Å²) in [6.45, 7) is 2.34. The third-order valence-electron chi connectivity index (χ3n) is 3.11. The van der Waals surface area contributed by atoms with E-state index in [0.29, 0.717) is 17.2 Å². The largest absolute Gasteiger partial charge is 0.466 e. The first-order valence-corrected chi connectivity index (χ1v) is 7.50. The van der Waals surface area contributed by atoms with Crippen LogP contribution in [0.5, 0.6) is 0 Å². The van der Waals surface area contributed by atoms with Gasteiger partial charge in [0.15, 0.2) is 5.78 Å². The Morgan fingerprint density at radius 3 is 2.32 bits per heavy atom. The van der Waals surface area contributed by atoms with E-state index in [1.165, 1.54) is 4.90 Å². The smallest absolute Gasteiger partial charge is 0.307 e. The van der Waals surface area contributed by atoms with E-state index in [4.69, 9.17) is 16.3 Å². The Morgan fingerprint density at radius 2 is 1.73 bits per heavy atom. The summed E-state index contributed by atoms with van der Waals surface area (Å²) >= 11 is 5.76. The molecule has 0 aliphatic carbocycles. The molecule has 1 aromatic carbocycles. The standard InChI is InChI=1S/C16H20ClNO4/c1-3-22-16(21)10-11-18(2)15(20)9-8-14(19)12-4-6-13(17)7-5-12/h4-7H,3,8-11H2,1-2H3. The normalized spacial score (nSPS) is 10.1. The van der Waals surface area contributed by atoms with Crippen LogP contribution in [0.15, 0.2) is 24.3 Å². The molecule has 0 aliphatic rings. The number of carbonyl (C=O) groups is 3. The number of Topliss-reactive ketones (excluding diaryl/α,β-unsaturated/α-hetero) is 1. The maximum atomic E-state index is 11.9. The summed E-state index contributed by atoms with van der Waals surface area (Å²) in [5.41, 5.74) is 0.534. The van der Waals surface area contributed by atoms with Crippen molar-refractivity contribution in [3.63, 3.8) is 0 Å². The summed E-state index contributed by atoms with van der Waals surface area (Å²) in [5, 5.41) is 0.561. The topological polar surface area (TPSA) is 63.7 Å². The van der Waals surface area contributed by atoms with Crippen molar-refractivity contribution in [1.82, 2.24) is 4.90 Å². The van der Waals surface area contributed by atoms with Gasteiger partial charge < -0.3 is 9.64 Å². The van der Waals surface area contributed by atoms with E-state index in [9.17, 15) is 14.4 Å². The second-order valence-electron chi connectivity index (χ2n) is 4.80. The maximum absolute atomic E-state index is 11.9. The molecule has 5 nitrogen and oxygen atoms in total. The number of ether oxygens (including phenoxy) is 1. The van der Waals surface area contributed by atoms with Crippen LogP contribution < -0.4 is 0 Å². The highest BCUT2D eigenvalue weighted by molar-refractivity contribution is 6.30. The third-order valence-corrected chi connectivity index (χ3v) is 3.37. The second-order valence-corrected chi connectivity index (χ2v) is 5.24. The molecule has 0 spiro atoms. The summed E-state index contributed by atoms with van der Waals surface area (Å²) in [5.74, 6) is -0.616. The summed E-state index contributed by atoms with van der Waals surface area (Å²) in [6, 6.07) is 6.56. The van der Waals surface area contributed by atoms with Crippen molar-refractivity contribution in [2.24, 2.45) is 0 Å². The number of hydrogen-bond acceptors (Lipinski definition) is 4. The van der Waals surface area contributed by atoms with E-state index in [0.717, 1.165) is 0 Å². The molecule has 22 heavy (non-hydrogen) atoms. The molecule has 1 aromatic rings. The van der Waals surface area contributed by atoms with Crippen molar-refractivity contribution in [2.45, 2.75) is 26.2 Å². The van der Waals surface area contributed by atoms with E-state index in [-0.39, 0.29) is 43.5 Å². The predicted octanol–water partition coefficient (Wildman–Crippen LogP) is 2.71. The van der Waals surface area contributed by atoms with Crippen LogP contribution in [0, 0.1) is 0 Å². The number of benzene rings is 1. The molecule has 0 fully saturated rings. The molecule has 0 atom stereocenters. The fourth-order valence-electron chi connectivity index (χ4n) is 1.81. The van der Waals surface area contributed by atoms with Crippen LogP contribution in [-0.2, 0) is 14.3 Å². The molecule has 120 valence electrons. The Morgan fingerprint density at radius 1 is 1.09 bits per heavy atom. The molecule has 0 unspecified atom stereocenters. The van der Waals surface area contributed by atoms with E-state index < -0.39 is 0 Å². The highest BCUT2D eigenvalue weighted by atomic mass is 35.5. The minimum absolute atomic E-state index is 0.108. The lowest BCUT2D eigenvalue weighted by Crippen LogP contribution is -2.29. The van der Waals surface area contributed by atoms with Crippen LogP contribution in [0.2, 0.25) is 5.02 Å². The van der Waals surface area contributed by atoms with Crippen LogP contribution in [0.25, 0.3) is 0 Å². The average molecular weight is 326 g/mol. The highest BCUT2D eigenvalue weighted by Crippen LogP contribution is 2.12. The fraction of sp³-hybridized carbons (Fsp3) is 0.438. The SMILES string of the molecule is CCOC(=O)CCN(C)C(=O)CCC(=O)c1ccc(Cl)cc1. The first-order valence-electron chi connectivity index (χ1n) is 7.12. The van der Waals surface area contributed by atoms with Gasteiger partial charge in [-0.2, -0.15) is 0 Å². The molecule has 0 saturated carbocycles. The number of halogens is 1. The van der Waals surface area contributed by atoms with E-state index >= 15 is 0 Å². The first-order chi connectivity index (χ1) is 10.4. The van der Waals surface area contributed by atoms with Gasteiger partial charge in [-0.05, 0) is 31.2 Å². The molecule has 0 saturated heterocycles. The lowest BCUT2D eigenvalue weighted by Gasteiger charge is -2.16. The molecule has 0 N–H and O–H groups in total. The van der Waals surface area contributed by atoms with Gasteiger partial charge in [-0.25, -0.2) is 0 Å². The molecule has 1 rings (SSSR count). The van der Waals surface area contributed by atoms with Gasteiger partial charge in [-0.3, -0.25) is 14.4 Å². The van der Waals surface area contributed by atoms with Crippen LogP contribution in [0.1, 0.15) is 36.5 Å². The lowest BCUT2D eigenvalue weighted by molar-refractivity contribution is -0.143. The van der Waals surface area contributed by atoms with Gasteiger partial charge in [0.1, 0.15) is 0 Å². The number of ketones is 1. The third kappa shape index (κ3) is 6.26. The summed E-state index contributed by atoms with van der Waals surface area (Å²) in [4.78, 5) is 36.5. The number of hydrogen-bond donors (Lipinski definition) is 0. The lowest BCUT2D eigenvalue weighted by atomic mass is 10.1. The Balaban J connectivity index is 2.36. The summed E-state index contributed by atoms with van der Waals surface area (Å²) in [6.07, 6.45) is 0.395. The van der Waals surface area contributed by atoms with Crippen molar-refractivity contribution >= 4 is 29.3 Å². The van der Waals surface area contributed by atoms with Crippen molar-refractivity contribution in [3.05, 3.63) is 34.9 Å². The zero-order valence-corrected chi connectivity index (χ0v) is 13.6. The maximum Gasteiger partial charge on any atom is 0.307 e. The molecular formula is C16H20ClNO4. The Hall–Kier alpha value is -1.88. The van der Waals surface area contributed by atoms with Gasteiger partial charge in [0.05, 0.1) is 13.0 Å². The van der Waals surface area contributed by atoms with E-state index in [2.05, 4.69) is 0 Å². The van der Waals surface area contributed by atoms with Crippen molar-refractivity contribution < 1.29 is 19.1 Å². The molecule has 0 aliphatic heterocycles. The predicted molar refractivity (Wildman–Crippen MR) is 83.9 cm³/mol. The minimum atomic E-state index is -0.334. The van der Waals surface area contributed by atoms with Gasteiger partial charge in [0.25, 0.3) is 0 Å². The Labute approximate surface area is 135 Å². The molecule has 1 amide bonds. The van der Waals surface area contributed by atoms with Crippen LogP contribution >= 0.6 is 11.6 Å². The number of carbonyl (C=O) groups excluding carboxylic acids is 3. The fourth-order valence-corrected chi connectivity index (χ4v) is 1.93. The number of nitrogens with zero attached hydrogens (tertiary/aromatic N) is 1. The molecule has 0 aromatic heterocycles. The van der Waals surface area contributed by atoms with Crippen LogP contribution in [0.4, 0.5) is 0 Å². The zero-order chi connectivity index (χ0) is 16.5. The van der Waals surface area contributed by atoms with Gasteiger partial charge >= 0.3 is 5.97 Å². The second kappa shape index (κ2) is 9.20. The monoisotopic (exact) mass is 325 g/mol. The number of rotatable bonds is 8.